The maximum absolute atomic E-state index is 5.72. The van der Waals surface area contributed by atoms with Gasteiger partial charge in [-0.1, -0.05) is 6.07 Å². The molecule has 0 bridgehead atoms. The second kappa shape index (κ2) is 5.80. The highest BCUT2D eigenvalue weighted by molar-refractivity contribution is 5.43. The van der Waals surface area contributed by atoms with Gasteiger partial charge in [-0.25, -0.2) is 0 Å². The third kappa shape index (κ3) is 3.01. The summed E-state index contributed by atoms with van der Waals surface area (Å²) < 4.78 is 11.2. The number of nitrogens with two attached hydrogens (primary N) is 1. The van der Waals surface area contributed by atoms with Gasteiger partial charge in [0.15, 0.2) is 11.5 Å². The summed E-state index contributed by atoms with van der Waals surface area (Å²) in [6.45, 7) is 5.57. The van der Waals surface area contributed by atoms with Gasteiger partial charge in [0.05, 0.1) is 0 Å². The fourth-order valence-corrected chi connectivity index (χ4v) is 2.84. The molecule has 0 amide bonds. The van der Waals surface area contributed by atoms with Gasteiger partial charge in [0, 0.05) is 13.1 Å². The average molecular weight is 262 g/mol. The van der Waals surface area contributed by atoms with Crippen LogP contribution in [0.3, 0.4) is 0 Å². The molecule has 2 aliphatic rings. The molecule has 1 fully saturated rings. The Hall–Kier alpha value is -1.26. The van der Waals surface area contributed by atoms with E-state index in [0.29, 0.717) is 19.1 Å². The highest BCUT2D eigenvalue weighted by Gasteiger charge is 2.20. The quantitative estimate of drug-likeness (QED) is 0.888. The van der Waals surface area contributed by atoms with E-state index in [2.05, 4.69) is 17.0 Å². The smallest absolute Gasteiger partial charge is 0.161 e. The normalized spacial score (nSPS) is 22.7. The van der Waals surface area contributed by atoms with Crippen molar-refractivity contribution in [2.24, 2.45) is 11.7 Å². The Kier molecular flexibility index (Phi) is 3.89. The van der Waals surface area contributed by atoms with Gasteiger partial charge in [-0.2, -0.15) is 0 Å². The molecule has 0 radical (unpaired) electrons. The first kappa shape index (κ1) is 12.8. The fraction of sp³-hybridized carbons (Fsp3) is 0.600. The number of rotatable bonds is 4. The third-order valence-corrected chi connectivity index (χ3v) is 4.03. The van der Waals surface area contributed by atoms with E-state index in [-0.39, 0.29) is 0 Å². The third-order valence-electron chi connectivity index (χ3n) is 4.03. The number of hydrogen-bond acceptors (Lipinski definition) is 4. The van der Waals surface area contributed by atoms with Gasteiger partial charge >= 0.3 is 0 Å². The van der Waals surface area contributed by atoms with Crippen molar-refractivity contribution in [1.82, 2.24) is 4.90 Å². The SMILES string of the molecule is NCC1CCN(CCc2ccc3c(c2)OCCO3)C1. The minimum atomic E-state index is 0.653. The number of hydrogen-bond donors (Lipinski definition) is 1. The van der Waals surface area contributed by atoms with E-state index in [1.807, 2.05) is 6.07 Å². The van der Waals surface area contributed by atoms with Crippen LogP contribution in [0.25, 0.3) is 0 Å². The Morgan fingerprint density at radius 3 is 2.84 bits per heavy atom. The molecule has 1 aromatic carbocycles. The van der Waals surface area contributed by atoms with Gasteiger partial charge in [0.1, 0.15) is 13.2 Å². The molecule has 0 aromatic heterocycles. The van der Waals surface area contributed by atoms with Gasteiger partial charge in [-0.05, 0) is 49.5 Å². The maximum atomic E-state index is 5.72. The highest BCUT2D eigenvalue weighted by Crippen LogP contribution is 2.31. The first-order valence-corrected chi connectivity index (χ1v) is 7.16. The predicted octanol–water partition coefficient (Wildman–Crippen LogP) is 1.28. The first-order chi connectivity index (χ1) is 9.35. The number of nitrogens with zero attached hydrogens (tertiary/aromatic N) is 1. The van der Waals surface area contributed by atoms with Crippen LogP contribution in [0.15, 0.2) is 18.2 Å². The molecule has 4 heteroatoms. The zero-order valence-corrected chi connectivity index (χ0v) is 11.3. The second-order valence-corrected chi connectivity index (χ2v) is 5.42. The summed E-state index contributed by atoms with van der Waals surface area (Å²) in [4.78, 5) is 2.51. The first-order valence-electron chi connectivity index (χ1n) is 7.16. The molecule has 104 valence electrons. The minimum Gasteiger partial charge on any atom is -0.486 e. The molecule has 4 nitrogen and oxygen atoms in total. The van der Waals surface area contributed by atoms with Crippen LogP contribution < -0.4 is 15.2 Å². The van der Waals surface area contributed by atoms with E-state index < -0.39 is 0 Å². The van der Waals surface area contributed by atoms with E-state index in [0.717, 1.165) is 37.6 Å². The Labute approximate surface area is 114 Å². The van der Waals surface area contributed by atoms with E-state index in [1.165, 1.54) is 18.5 Å². The number of benzene rings is 1. The minimum absolute atomic E-state index is 0.653. The molecular formula is C15H22N2O2. The Bertz CT molecular complexity index is 436. The summed E-state index contributed by atoms with van der Waals surface area (Å²) in [5.41, 5.74) is 7.04. The van der Waals surface area contributed by atoms with E-state index in [9.17, 15) is 0 Å². The molecule has 1 saturated heterocycles. The topological polar surface area (TPSA) is 47.7 Å². The van der Waals surface area contributed by atoms with Crippen LogP contribution in [0.5, 0.6) is 11.5 Å². The summed E-state index contributed by atoms with van der Waals surface area (Å²) in [5, 5.41) is 0. The molecule has 3 rings (SSSR count). The van der Waals surface area contributed by atoms with Gasteiger partial charge in [-0.15, -0.1) is 0 Å². The number of fused-ring (bicyclic) bond motifs is 1. The van der Waals surface area contributed by atoms with Crippen LogP contribution in [0, 0.1) is 5.92 Å². The molecule has 2 aliphatic heterocycles. The van der Waals surface area contributed by atoms with Gasteiger partial charge in [-0.3, -0.25) is 0 Å². The van der Waals surface area contributed by atoms with Crippen molar-refractivity contribution in [1.29, 1.82) is 0 Å². The molecule has 0 saturated carbocycles. The molecule has 2 heterocycles. The van der Waals surface area contributed by atoms with Crippen molar-refractivity contribution in [3.8, 4) is 11.5 Å². The monoisotopic (exact) mass is 262 g/mol. The van der Waals surface area contributed by atoms with Crippen molar-refractivity contribution in [2.75, 3.05) is 39.4 Å². The molecule has 19 heavy (non-hydrogen) atoms. The summed E-state index contributed by atoms with van der Waals surface area (Å²) in [7, 11) is 0. The van der Waals surface area contributed by atoms with Gasteiger partial charge in [0.25, 0.3) is 0 Å². The van der Waals surface area contributed by atoms with Crippen LogP contribution in [0.1, 0.15) is 12.0 Å². The molecule has 1 atom stereocenters. The summed E-state index contributed by atoms with van der Waals surface area (Å²) in [5.74, 6) is 2.46. The van der Waals surface area contributed by atoms with Crippen LogP contribution >= 0.6 is 0 Å². The lowest BCUT2D eigenvalue weighted by Gasteiger charge is -2.20. The zero-order valence-electron chi connectivity index (χ0n) is 11.3. The van der Waals surface area contributed by atoms with E-state index >= 15 is 0 Å². The van der Waals surface area contributed by atoms with Crippen molar-refractivity contribution >= 4 is 0 Å². The summed E-state index contributed by atoms with van der Waals surface area (Å²) in [6, 6.07) is 6.28. The van der Waals surface area contributed by atoms with Crippen LogP contribution in [-0.2, 0) is 6.42 Å². The highest BCUT2D eigenvalue weighted by atomic mass is 16.6. The van der Waals surface area contributed by atoms with E-state index in [1.54, 1.807) is 0 Å². The Balaban J connectivity index is 1.55. The Morgan fingerprint density at radius 1 is 1.21 bits per heavy atom. The fourth-order valence-electron chi connectivity index (χ4n) is 2.84. The molecule has 2 N–H and O–H groups in total. The average Bonchev–Trinajstić information content (AvgIpc) is 2.93. The predicted molar refractivity (Wildman–Crippen MR) is 74.7 cm³/mol. The lowest BCUT2D eigenvalue weighted by Crippen LogP contribution is -2.25. The lowest BCUT2D eigenvalue weighted by atomic mass is 10.1. The van der Waals surface area contributed by atoms with E-state index in [4.69, 9.17) is 15.2 Å². The molecular weight excluding hydrogens is 240 g/mol. The van der Waals surface area contributed by atoms with Gasteiger partial charge < -0.3 is 20.1 Å². The van der Waals surface area contributed by atoms with Crippen molar-refractivity contribution < 1.29 is 9.47 Å². The van der Waals surface area contributed by atoms with Crippen molar-refractivity contribution in [3.63, 3.8) is 0 Å². The van der Waals surface area contributed by atoms with Gasteiger partial charge in [0.2, 0.25) is 0 Å². The van der Waals surface area contributed by atoms with Crippen molar-refractivity contribution in [3.05, 3.63) is 23.8 Å². The summed E-state index contributed by atoms with van der Waals surface area (Å²) >= 11 is 0. The zero-order chi connectivity index (χ0) is 13.1. The summed E-state index contributed by atoms with van der Waals surface area (Å²) in [6.07, 6.45) is 2.31. The number of ether oxygens (including phenoxy) is 2. The Morgan fingerprint density at radius 2 is 2.05 bits per heavy atom. The molecule has 1 aromatic rings. The largest absolute Gasteiger partial charge is 0.486 e. The van der Waals surface area contributed by atoms with Crippen LogP contribution in [0.4, 0.5) is 0 Å². The van der Waals surface area contributed by atoms with Crippen LogP contribution in [-0.4, -0.2) is 44.3 Å². The molecule has 0 spiro atoms. The standard InChI is InChI=1S/C15H22N2O2/c16-10-13-4-6-17(11-13)5-3-12-1-2-14-15(9-12)19-8-7-18-14/h1-2,9,13H,3-8,10-11,16H2. The van der Waals surface area contributed by atoms with Crippen LogP contribution in [0.2, 0.25) is 0 Å². The number of likely N-dealkylation sites (tertiary alicyclic amines) is 1. The maximum Gasteiger partial charge on any atom is 0.161 e. The second-order valence-electron chi connectivity index (χ2n) is 5.42. The molecule has 0 aliphatic carbocycles. The molecule has 1 unspecified atom stereocenters. The van der Waals surface area contributed by atoms with Crippen molar-refractivity contribution in [2.45, 2.75) is 12.8 Å². The lowest BCUT2D eigenvalue weighted by molar-refractivity contribution is 0.171.